The summed E-state index contributed by atoms with van der Waals surface area (Å²) in [4.78, 5) is 26.1. The van der Waals surface area contributed by atoms with Gasteiger partial charge in [0.1, 0.15) is 60.6 Å². The van der Waals surface area contributed by atoms with Crippen LogP contribution in [0.15, 0.2) is 48.9 Å². The predicted molar refractivity (Wildman–Crippen MR) is 184 cm³/mol. The molecule has 1 saturated heterocycles. The van der Waals surface area contributed by atoms with Crippen molar-refractivity contribution in [3.63, 3.8) is 0 Å². The predicted octanol–water partition coefficient (Wildman–Crippen LogP) is 3.55. The van der Waals surface area contributed by atoms with Crippen LogP contribution in [0.3, 0.4) is 0 Å². The summed E-state index contributed by atoms with van der Waals surface area (Å²) >= 11 is 0. The molecule has 1 spiro atoms. The van der Waals surface area contributed by atoms with E-state index in [2.05, 4.69) is 4.98 Å². The smallest absolute Gasteiger partial charge is 0.317 e. The molecular weight excluding hydrogens is 692 g/mol. The number of nitrogens with zero attached hydrogens (tertiary/aromatic N) is 1. The molecule has 2 fully saturated rings. The molecule has 5 N–H and O–H groups in total. The third-order valence-corrected chi connectivity index (χ3v) is 10.9. The van der Waals surface area contributed by atoms with Crippen LogP contribution >= 0.6 is 0 Å². The van der Waals surface area contributed by atoms with E-state index in [0.29, 0.717) is 29.5 Å². The average Bonchev–Trinajstić information content (AvgIpc) is 3.85. The van der Waals surface area contributed by atoms with Crippen LogP contribution in [0.2, 0.25) is 0 Å². The van der Waals surface area contributed by atoms with Crippen molar-refractivity contribution < 1.29 is 63.2 Å². The zero-order valence-corrected chi connectivity index (χ0v) is 29.2. The highest BCUT2D eigenvalue weighted by atomic mass is 16.7. The van der Waals surface area contributed by atoms with Gasteiger partial charge in [-0.05, 0) is 49.4 Å². The van der Waals surface area contributed by atoms with Gasteiger partial charge in [-0.2, -0.15) is 0 Å². The van der Waals surface area contributed by atoms with Crippen LogP contribution in [0.25, 0.3) is 10.9 Å². The van der Waals surface area contributed by atoms with Crippen molar-refractivity contribution in [1.82, 2.24) is 9.55 Å². The Kier molecular flexibility index (Phi) is 9.13. The maximum Gasteiger partial charge on any atom is 0.317 e. The molecule has 282 valence electrons. The third kappa shape index (κ3) is 6.20. The van der Waals surface area contributed by atoms with Crippen molar-refractivity contribution in [2.24, 2.45) is 0 Å². The van der Waals surface area contributed by atoms with E-state index in [9.17, 15) is 24.9 Å². The lowest BCUT2D eigenvalue weighted by molar-refractivity contribution is -0.278. The standard InChI is InChI=1S/C38H42N2O13/c1-47-24-7-6-22-30-36(52-34(22)35(24)48-2)29-20(16-40-15-19-8-11-39-23(19)17-40)12-21(13-25(29)53-38(30)9-4-3-5-10-38)50-37-33(46)32(45)31(44)26(51-37)18-49-28(43)14-27(41)42/h6-8,11-13,15,17,26,30-33,36-37,39,44-46H,3-5,9-10,14,16,18H2,1-2H3,(H,41,42). The quantitative estimate of drug-likeness (QED) is 0.117. The SMILES string of the molecule is COc1ccc2c(c1OC)OC1c3c(Cn4cc5cc[nH]c5c4)cc(OC4OC(COC(=O)CC(=O)O)C(O)C(O)C4O)cc3OC3(CCCCC3)C21. The fourth-order valence-electron chi connectivity index (χ4n) is 8.46. The molecule has 15 nitrogen and oxygen atoms in total. The normalized spacial score (nSPS) is 26.8. The number of benzene rings is 2. The van der Waals surface area contributed by atoms with Crippen LogP contribution in [0.1, 0.15) is 67.2 Å². The maximum absolute atomic E-state index is 11.9. The number of aliphatic hydroxyl groups excluding tert-OH is 3. The molecule has 0 radical (unpaired) electrons. The highest BCUT2D eigenvalue weighted by Gasteiger charge is 2.57. The van der Waals surface area contributed by atoms with Gasteiger partial charge in [-0.15, -0.1) is 0 Å². The molecule has 15 heteroatoms. The summed E-state index contributed by atoms with van der Waals surface area (Å²) < 4.78 is 44.6. The van der Waals surface area contributed by atoms with Crippen LogP contribution in [0.5, 0.6) is 28.7 Å². The zero-order chi connectivity index (χ0) is 37.0. The summed E-state index contributed by atoms with van der Waals surface area (Å²) in [6, 6.07) is 9.46. The number of aliphatic carboxylic acids is 1. The van der Waals surface area contributed by atoms with E-state index < -0.39 is 67.4 Å². The molecule has 53 heavy (non-hydrogen) atoms. The minimum absolute atomic E-state index is 0.153. The van der Waals surface area contributed by atoms with Gasteiger partial charge in [-0.1, -0.05) is 12.5 Å². The number of rotatable bonds is 10. The maximum atomic E-state index is 11.9. The van der Waals surface area contributed by atoms with Crippen LogP contribution in [0, 0.1) is 0 Å². The van der Waals surface area contributed by atoms with Gasteiger partial charge >= 0.3 is 11.9 Å². The van der Waals surface area contributed by atoms with Crippen LogP contribution < -0.4 is 23.7 Å². The summed E-state index contributed by atoms with van der Waals surface area (Å²) in [7, 11) is 3.18. The van der Waals surface area contributed by atoms with Crippen LogP contribution in [-0.2, 0) is 25.6 Å². The molecule has 5 heterocycles. The van der Waals surface area contributed by atoms with Gasteiger partial charge in [-0.25, -0.2) is 0 Å². The van der Waals surface area contributed by atoms with Crippen LogP contribution in [0.4, 0.5) is 0 Å². The number of hydrogen-bond donors (Lipinski definition) is 5. The summed E-state index contributed by atoms with van der Waals surface area (Å²) in [5.74, 6) is -0.0981. The lowest BCUT2D eigenvalue weighted by Crippen LogP contribution is -2.60. The molecular formula is C38H42N2O13. The number of ether oxygens (including phenoxy) is 7. The Morgan fingerprint density at radius 3 is 2.55 bits per heavy atom. The number of aromatic nitrogens is 2. The first-order valence-corrected chi connectivity index (χ1v) is 17.7. The van der Waals surface area contributed by atoms with Gasteiger partial charge in [0.15, 0.2) is 11.5 Å². The number of carbonyl (C=O) groups excluding carboxylic acids is 1. The molecule has 2 aromatic carbocycles. The largest absolute Gasteiger partial charge is 0.493 e. The molecule has 4 aliphatic rings. The van der Waals surface area contributed by atoms with E-state index in [-0.39, 0.29) is 11.7 Å². The fraction of sp³-hybridized carbons (Fsp3) is 0.474. The van der Waals surface area contributed by atoms with Crippen molar-refractivity contribution in [1.29, 1.82) is 0 Å². The Balaban J connectivity index is 1.19. The molecule has 8 rings (SSSR count). The van der Waals surface area contributed by atoms with Gasteiger partial charge in [-0.3, -0.25) is 9.59 Å². The molecule has 2 aromatic heterocycles. The van der Waals surface area contributed by atoms with Crippen molar-refractivity contribution in [3.8, 4) is 28.7 Å². The second kappa shape index (κ2) is 13.8. The Hall–Kier alpha value is -4.96. The number of fused-ring (bicyclic) bond motifs is 7. The molecule has 0 amide bonds. The first-order chi connectivity index (χ1) is 25.6. The van der Waals surface area contributed by atoms with E-state index in [0.717, 1.165) is 59.7 Å². The monoisotopic (exact) mass is 734 g/mol. The van der Waals surface area contributed by atoms with Crippen molar-refractivity contribution in [3.05, 3.63) is 65.6 Å². The molecule has 7 unspecified atom stereocenters. The third-order valence-electron chi connectivity index (χ3n) is 10.9. The van der Waals surface area contributed by atoms with Crippen molar-refractivity contribution in [2.75, 3.05) is 20.8 Å². The van der Waals surface area contributed by atoms with Gasteiger partial charge in [0.05, 0.1) is 25.7 Å². The molecule has 1 aliphatic carbocycles. The summed E-state index contributed by atoms with van der Waals surface area (Å²) in [6.45, 7) is -0.187. The first-order valence-electron chi connectivity index (χ1n) is 17.7. The highest BCUT2D eigenvalue weighted by molar-refractivity contribution is 5.90. The van der Waals surface area contributed by atoms with E-state index in [1.165, 1.54) is 0 Å². The second-order valence-corrected chi connectivity index (χ2v) is 14.1. The van der Waals surface area contributed by atoms with Crippen LogP contribution in [-0.4, -0.2) is 99.0 Å². The zero-order valence-electron chi connectivity index (χ0n) is 29.2. The molecule has 1 saturated carbocycles. The Morgan fingerprint density at radius 2 is 1.81 bits per heavy atom. The Labute approximate surface area is 303 Å². The Bertz CT molecular complexity index is 1990. The molecule has 4 aromatic rings. The molecule has 7 atom stereocenters. The summed E-state index contributed by atoms with van der Waals surface area (Å²) in [6.07, 6.45) is 1.29. The number of esters is 1. The summed E-state index contributed by atoms with van der Waals surface area (Å²) in [5, 5.41) is 42.3. The van der Waals surface area contributed by atoms with Crippen molar-refractivity contribution in [2.45, 2.75) is 93.4 Å². The number of aliphatic hydroxyl groups is 3. The lowest BCUT2D eigenvalue weighted by atomic mass is 9.68. The first kappa shape index (κ1) is 35.1. The van der Waals surface area contributed by atoms with E-state index >= 15 is 0 Å². The number of hydrogen-bond acceptors (Lipinski definition) is 12. The number of carboxylic acids is 1. The minimum atomic E-state index is -1.73. The topological polar surface area (TPSA) is 200 Å². The number of carboxylic acid groups (broad SMARTS) is 1. The number of H-pyrrole nitrogens is 1. The molecule has 3 aliphatic heterocycles. The highest BCUT2D eigenvalue weighted by Crippen LogP contribution is 2.64. The average molecular weight is 735 g/mol. The van der Waals surface area contributed by atoms with Gasteiger partial charge in [0.2, 0.25) is 12.0 Å². The van der Waals surface area contributed by atoms with E-state index in [4.69, 9.17) is 38.3 Å². The lowest BCUT2D eigenvalue weighted by Gasteiger charge is -2.48. The number of methoxy groups -OCH3 is 2. The second-order valence-electron chi connectivity index (χ2n) is 14.1. The van der Waals surface area contributed by atoms with Gasteiger partial charge in [0, 0.05) is 47.7 Å². The van der Waals surface area contributed by atoms with E-state index in [1.807, 2.05) is 47.4 Å². The molecule has 0 bridgehead atoms. The number of aromatic amines is 1. The number of nitrogens with one attached hydrogen (secondary N) is 1. The van der Waals surface area contributed by atoms with E-state index in [1.54, 1.807) is 20.3 Å². The fourth-order valence-corrected chi connectivity index (χ4v) is 8.46. The Morgan fingerprint density at radius 1 is 1.00 bits per heavy atom. The van der Waals surface area contributed by atoms with Crippen molar-refractivity contribution >= 4 is 22.8 Å². The minimum Gasteiger partial charge on any atom is -0.493 e. The number of carbonyl (C=O) groups is 2. The van der Waals surface area contributed by atoms with Gasteiger partial charge < -0.3 is 63.1 Å². The summed E-state index contributed by atoms with van der Waals surface area (Å²) in [5.41, 5.74) is 2.98. The van der Waals surface area contributed by atoms with Gasteiger partial charge in [0.25, 0.3) is 0 Å².